The van der Waals surface area contributed by atoms with Crippen molar-refractivity contribution in [2.24, 2.45) is 0 Å². The molecular weight excluding hydrogens is 320 g/mol. The molecule has 0 aliphatic carbocycles. The molecule has 0 aliphatic heterocycles. The van der Waals surface area contributed by atoms with Gasteiger partial charge in [0.2, 0.25) is 0 Å². The van der Waals surface area contributed by atoms with E-state index in [4.69, 9.17) is 4.74 Å². The number of rotatable bonds is 6. The summed E-state index contributed by atoms with van der Waals surface area (Å²) in [6.45, 7) is 1.93. The number of aromatic nitrogens is 1. The van der Waals surface area contributed by atoms with Gasteiger partial charge in [-0.1, -0.05) is 6.07 Å². The highest BCUT2D eigenvalue weighted by molar-refractivity contribution is 5.96. The number of carbonyl (C=O) groups excluding carboxylic acids is 1. The maximum atomic E-state index is 12.5. The van der Waals surface area contributed by atoms with Crippen LogP contribution in [-0.2, 0) is 0 Å². The summed E-state index contributed by atoms with van der Waals surface area (Å²) in [6, 6.07) is 13.6. The molecule has 1 heterocycles. The SMILES string of the molecule is COc1ccc(C(=O)C[C@H](C)n2ccc3c([N+](=O)[O-])cccc32)cc1. The molecule has 128 valence electrons. The molecule has 2 aromatic carbocycles. The summed E-state index contributed by atoms with van der Waals surface area (Å²) < 4.78 is 7.00. The van der Waals surface area contributed by atoms with Crippen LogP contribution in [0.3, 0.4) is 0 Å². The molecule has 0 unspecified atom stereocenters. The van der Waals surface area contributed by atoms with Gasteiger partial charge in [0.1, 0.15) is 5.75 Å². The molecule has 6 nitrogen and oxygen atoms in total. The normalized spacial score (nSPS) is 12.1. The van der Waals surface area contributed by atoms with Crippen LogP contribution in [0.2, 0.25) is 0 Å². The second kappa shape index (κ2) is 6.76. The molecule has 6 heteroatoms. The summed E-state index contributed by atoms with van der Waals surface area (Å²) in [7, 11) is 1.58. The number of nitrogens with zero attached hydrogens (tertiary/aromatic N) is 2. The fourth-order valence-corrected chi connectivity index (χ4v) is 2.98. The van der Waals surface area contributed by atoms with Gasteiger partial charge in [0.25, 0.3) is 5.69 Å². The fraction of sp³-hybridized carbons (Fsp3) is 0.211. The number of non-ortho nitro benzene ring substituents is 1. The van der Waals surface area contributed by atoms with E-state index in [2.05, 4.69) is 0 Å². The molecule has 3 aromatic rings. The maximum Gasteiger partial charge on any atom is 0.278 e. The number of ether oxygens (including phenoxy) is 1. The standard InChI is InChI=1S/C19H18N2O4/c1-13(12-19(22)14-6-8-15(25-2)9-7-14)20-11-10-16-17(20)4-3-5-18(16)21(23)24/h3-11,13H,12H2,1-2H3/t13-/m0/s1. The summed E-state index contributed by atoms with van der Waals surface area (Å²) >= 11 is 0. The molecule has 0 aliphatic rings. The molecule has 0 bridgehead atoms. The van der Waals surface area contributed by atoms with Crippen molar-refractivity contribution in [1.29, 1.82) is 0 Å². The fourth-order valence-electron chi connectivity index (χ4n) is 2.98. The van der Waals surface area contributed by atoms with Crippen molar-refractivity contribution < 1.29 is 14.5 Å². The lowest BCUT2D eigenvalue weighted by molar-refractivity contribution is -0.383. The predicted octanol–water partition coefficient (Wildman–Crippen LogP) is 4.39. The molecule has 0 radical (unpaired) electrons. The largest absolute Gasteiger partial charge is 0.497 e. The predicted molar refractivity (Wildman–Crippen MR) is 95.2 cm³/mol. The first-order valence-electron chi connectivity index (χ1n) is 7.92. The molecule has 0 spiro atoms. The molecule has 1 atom stereocenters. The van der Waals surface area contributed by atoms with Gasteiger partial charge in [0.05, 0.1) is 22.9 Å². The Morgan fingerprint density at radius 2 is 1.92 bits per heavy atom. The summed E-state index contributed by atoms with van der Waals surface area (Å²) in [5.74, 6) is 0.718. The van der Waals surface area contributed by atoms with Crippen molar-refractivity contribution in [2.45, 2.75) is 19.4 Å². The summed E-state index contributed by atoms with van der Waals surface area (Å²) in [5, 5.41) is 11.7. The van der Waals surface area contributed by atoms with Crippen molar-refractivity contribution in [3.8, 4) is 5.75 Å². The zero-order chi connectivity index (χ0) is 18.0. The van der Waals surface area contributed by atoms with Crippen LogP contribution in [0.25, 0.3) is 10.9 Å². The topological polar surface area (TPSA) is 74.4 Å². The number of nitro benzene ring substituents is 1. The van der Waals surface area contributed by atoms with Gasteiger partial charge in [-0.25, -0.2) is 0 Å². The van der Waals surface area contributed by atoms with Gasteiger partial charge < -0.3 is 9.30 Å². The average Bonchev–Trinajstić information content (AvgIpc) is 3.05. The van der Waals surface area contributed by atoms with Crippen molar-refractivity contribution in [1.82, 2.24) is 4.57 Å². The van der Waals surface area contributed by atoms with Crippen molar-refractivity contribution >= 4 is 22.4 Å². The quantitative estimate of drug-likeness (QED) is 0.379. The van der Waals surface area contributed by atoms with Crippen LogP contribution in [0.15, 0.2) is 54.7 Å². The van der Waals surface area contributed by atoms with Gasteiger partial charge in [-0.2, -0.15) is 0 Å². The second-order valence-electron chi connectivity index (χ2n) is 5.89. The Bertz CT molecular complexity index is 928. The maximum absolute atomic E-state index is 12.5. The molecule has 3 rings (SSSR count). The zero-order valence-electron chi connectivity index (χ0n) is 14.0. The van der Waals surface area contributed by atoms with Crippen LogP contribution in [-0.4, -0.2) is 22.4 Å². The highest BCUT2D eigenvalue weighted by atomic mass is 16.6. The average molecular weight is 338 g/mol. The van der Waals surface area contributed by atoms with Crippen LogP contribution >= 0.6 is 0 Å². The molecule has 0 saturated carbocycles. The first kappa shape index (κ1) is 16.7. The first-order chi connectivity index (χ1) is 12.0. The van der Waals surface area contributed by atoms with Gasteiger partial charge in [0.15, 0.2) is 5.78 Å². The lowest BCUT2D eigenvalue weighted by atomic mass is 10.0. The van der Waals surface area contributed by atoms with E-state index < -0.39 is 0 Å². The van der Waals surface area contributed by atoms with E-state index in [1.165, 1.54) is 6.07 Å². The number of Topliss-reactive ketones (excluding diaryl/α,β-unsaturated/α-hetero) is 1. The van der Waals surface area contributed by atoms with Gasteiger partial charge >= 0.3 is 0 Å². The van der Waals surface area contributed by atoms with Gasteiger partial charge in [0, 0.05) is 30.3 Å². The van der Waals surface area contributed by atoms with Crippen molar-refractivity contribution in [3.63, 3.8) is 0 Å². The highest BCUT2D eigenvalue weighted by Crippen LogP contribution is 2.29. The Labute approximate surface area is 144 Å². The van der Waals surface area contributed by atoms with E-state index in [-0.39, 0.29) is 22.4 Å². The van der Waals surface area contributed by atoms with Crippen LogP contribution in [0.5, 0.6) is 5.75 Å². The Hall–Kier alpha value is -3.15. The number of fused-ring (bicyclic) bond motifs is 1. The lowest BCUT2D eigenvalue weighted by Crippen LogP contribution is -2.10. The lowest BCUT2D eigenvalue weighted by Gasteiger charge is -2.15. The third-order valence-corrected chi connectivity index (χ3v) is 4.30. The highest BCUT2D eigenvalue weighted by Gasteiger charge is 2.18. The summed E-state index contributed by atoms with van der Waals surface area (Å²) in [6.07, 6.45) is 2.10. The minimum Gasteiger partial charge on any atom is -0.497 e. The monoisotopic (exact) mass is 338 g/mol. The van der Waals surface area contributed by atoms with Crippen LogP contribution < -0.4 is 4.74 Å². The van der Waals surface area contributed by atoms with E-state index in [9.17, 15) is 14.9 Å². The number of benzene rings is 2. The van der Waals surface area contributed by atoms with Crippen LogP contribution in [0.1, 0.15) is 29.7 Å². The summed E-state index contributed by atoms with van der Waals surface area (Å²) in [4.78, 5) is 23.3. The van der Waals surface area contributed by atoms with Gasteiger partial charge in [-0.15, -0.1) is 0 Å². The Balaban J connectivity index is 1.84. The molecule has 0 fully saturated rings. The molecule has 0 amide bonds. The third-order valence-electron chi connectivity index (χ3n) is 4.30. The van der Waals surface area contributed by atoms with E-state index in [0.717, 1.165) is 5.52 Å². The minimum absolute atomic E-state index is 0.0161. The molecule has 0 saturated heterocycles. The minimum atomic E-state index is -0.389. The molecule has 25 heavy (non-hydrogen) atoms. The van der Waals surface area contributed by atoms with E-state index >= 15 is 0 Å². The summed E-state index contributed by atoms with van der Waals surface area (Å²) in [5.41, 5.74) is 1.45. The Kier molecular flexibility index (Phi) is 4.52. The number of carbonyl (C=O) groups is 1. The van der Waals surface area contributed by atoms with E-state index in [0.29, 0.717) is 23.1 Å². The van der Waals surface area contributed by atoms with Crippen molar-refractivity contribution in [3.05, 3.63) is 70.4 Å². The molecule has 1 aromatic heterocycles. The number of hydrogen-bond acceptors (Lipinski definition) is 4. The number of ketones is 1. The number of hydrogen-bond donors (Lipinski definition) is 0. The van der Waals surface area contributed by atoms with Gasteiger partial charge in [-0.05, 0) is 43.3 Å². The van der Waals surface area contributed by atoms with Crippen LogP contribution in [0, 0.1) is 10.1 Å². The van der Waals surface area contributed by atoms with E-state index in [1.807, 2.05) is 17.6 Å². The second-order valence-corrected chi connectivity index (χ2v) is 5.89. The van der Waals surface area contributed by atoms with Crippen molar-refractivity contribution in [2.75, 3.05) is 7.11 Å². The Morgan fingerprint density at radius 1 is 1.20 bits per heavy atom. The Morgan fingerprint density at radius 3 is 2.56 bits per heavy atom. The van der Waals surface area contributed by atoms with Crippen LogP contribution in [0.4, 0.5) is 5.69 Å². The number of methoxy groups -OCH3 is 1. The van der Waals surface area contributed by atoms with Gasteiger partial charge in [-0.3, -0.25) is 14.9 Å². The van der Waals surface area contributed by atoms with E-state index in [1.54, 1.807) is 49.7 Å². The smallest absolute Gasteiger partial charge is 0.278 e. The third kappa shape index (κ3) is 3.24. The molecule has 0 N–H and O–H groups in total. The number of nitro groups is 1. The zero-order valence-corrected chi connectivity index (χ0v) is 14.0. The molecular formula is C19H18N2O4. The first-order valence-corrected chi connectivity index (χ1v) is 7.92.